The lowest BCUT2D eigenvalue weighted by molar-refractivity contribution is -0.201. The van der Waals surface area contributed by atoms with E-state index in [2.05, 4.69) is 0 Å². The summed E-state index contributed by atoms with van der Waals surface area (Å²) in [4.78, 5) is 21.5. The third-order valence-corrected chi connectivity index (χ3v) is 3.03. The van der Waals surface area contributed by atoms with Crippen LogP contribution in [0.3, 0.4) is 0 Å². The minimum atomic E-state index is -5.74. The highest BCUT2D eigenvalue weighted by Gasteiger charge is 2.54. The molecule has 5 atom stereocenters. The summed E-state index contributed by atoms with van der Waals surface area (Å²) >= 11 is 0. The van der Waals surface area contributed by atoms with Gasteiger partial charge in [0, 0.05) is 0 Å². The zero-order valence-corrected chi connectivity index (χ0v) is 12.5. The molecule has 0 aliphatic rings. The number of halogens is 3. The molecule has 26 heavy (non-hydrogen) atoms. The van der Waals surface area contributed by atoms with E-state index in [1.54, 1.807) is 0 Å². The monoisotopic (exact) mass is 395 g/mol. The Morgan fingerprint density at radius 3 is 1.77 bits per heavy atom. The normalized spacial score (nSPS) is 20.2. The van der Waals surface area contributed by atoms with Crippen molar-refractivity contribution >= 4 is 11.9 Å². The maximum Gasteiger partial charge on any atom is 0.471 e. The molecule has 15 heteroatoms. The van der Waals surface area contributed by atoms with Crippen LogP contribution in [0.4, 0.5) is 13.2 Å². The maximum atomic E-state index is 12.3. The molecule has 0 saturated carbocycles. The Labute approximate surface area is 141 Å². The number of rotatable bonds is 8. The zero-order valence-electron chi connectivity index (χ0n) is 12.5. The molecule has 0 aliphatic heterocycles. The zero-order chi connectivity index (χ0) is 21.0. The van der Waals surface area contributed by atoms with Crippen molar-refractivity contribution in [3.8, 4) is 0 Å². The average molecular weight is 395 g/mol. The predicted octanol–water partition coefficient (Wildman–Crippen LogP) is -3.80. The van der Waals surface area contributed by atoms with Crippen molar-refractivity contribution in [2.24, 2.45) is 0 Å². The lowest BCUT2D eigenvalue weighted by Gasteiger charge is -2.37. The first-order valence-corrected chi connectivity index (χ1v) is 6.42. The summed E-state index contributed by atoms with van der Waals surface area (Å²) in [6, 6.07) is 0. The summed E-state index contributed by atoms with van der Waals surface area (Å²) in [7, 11) is 0. The molecule has 0 unspecified atom stereocenters. The van der Waals surface area contributed by atoms with Crippen molar-refractivity contribution in [3.63, 3.8) is 0 Å². The van der Waals surface area contributed by atoms with Gasteiger partial charge in [0.1, 0.15) is 24.4 Å². The predicted molar refractivity (Wildman–Crippen MR) is 70.2 cm³/mol. The molecule has 152 valence electrons. The van der Waals surface area contributed by atoms with Crippen LogP contribution in [0.25, 0.3) is 0 Å². The van der Waals surface area contributed by atoms with E-state index in [1.165, 1.54) is 0 Å². The number of aliphatic hydroxyl groups excluding tert-OH is 7. The van der Waals surface area contributed by atoms with Crippen LogP contribution >= 0.6 is 0 Å². The second-order valence-electron chi connectivity index (χ2n) is 4.90. The van der Waals surface area contributed by atoms with Crippen LogP contribution in [-0.2, 0) is 9.59 Å². The minimum absolute atomic E-state index is 0.557. The molecule has 0 radical (unpaired) electrons. The van der Waals surface area contributed by atoms with E-state index in [1.807, 2.05) is 0 Å². The Kier molecular flexibility index (Phi) is 7.77. The van der Waals surface area contributed by atoms with Crippen molar-refractivity contribution < 1.29 is 68.7 Å². The van der Waals surface area contributed by atoms with Gasteiger partial charge in [0.05, 0.1) is 6.61 Å². The number of aliphatic hydroxyl groups is 8. The molecule has 12 nitrogen and oxygen atoms in total. The molecule has 0 fully saturated rings. The molecule has 0 aliphatic carbocycles. The first-order chi connectivity index (χ1) is 11.6. The Morgan fingerprint density at radius 1 is 0.962 bits per heavy atom. The van der Waals surface area contributed by atoms with Crippen LogP contribution in [0.5, 0.6) is 0 Å². The number of alkyl halides is 3. The quantitative estimate of drug-likeness (QED) is 0.109. The summed E-state index contributed by atoms with van der Waals surface area (Å²) in [5.41, 5.74) is -4.18. The van der Waals surface area contributed by atoms with Crippen LogP contribution < -0.4 is 5.32 Å². The molecular weight excluding hydrogens is 379 g/mol. The number of hydrogen-bond acceptors (Lipinski definition) is 10. The largest absolute Gasteiger partial charge is 0.504 e. The lowest BCUT2D eigenvalue weighted by atomic mass is 9.92. The van der Waals surface area contributed by atoms with Gasteiger partial charge in [-0.2, -0.15) is 13.2 Å². The number of carboxylic acid groups (broad SMARTS) is 1. The number of carbonyl (C=O) groups is 2. The molecule has 0 spiro atoms. The van der Waals surface area contributed by atoms with Crippen molar-refractivity contribution in [1.29, 1.82) is 0 Å². The molecule has 10 N–H and O–H groups in total. The smallest absolute Gasteiger partial charge is 0.471 e. The van der Waals surface area contributed by atoms with Crippen LogP contribution in [0, 0.1) is 0 Å². The van der Waals surface area contributed by atoms with Crippen LogP contribution in [0.1, 0.15) is 0 Å². The fraction of sp³-hybridized carbons (Fsp3) is 0.636. The number of carbonyl (C=O) groups excluding carboxylic acids is 1. The van der Waals surface area contributed by atoms with Crippen molar-refractivity contribution in [3.05, 3.63) is 11.5 Å². The van der Waals surface area contributed by atoms with Gasteiger partial charge >= 0.3 is 18.1 Å². The average Bonchev–Trinajstić information content (AvgIpc) is 2.56. The lowest BCUT2D eigenvalue weighted by Crippen LogP contribution is -2.66. The molecule has 0 aromatic rings. The molecule has 0 bridgehead atoms. The molecule has 0 heterocycles. The van der Waals surface area contributed by atoms with E-state index in [4.69, 9.17) is 20.4 Å². The standard InChI is InChI=1S/C11H16F3NO11/c12-11(13,14)9(25)15-10(26,7(22)5(20)8(23)24)6(21)4(19)3(18)2(17)1-16/h2-4,6,16-22,26H,1H2,(H,15,25)(H,23,24)/t2-,3-,4+,6+,10-/m1/s1. The molecule has 0 saturated heterocycles. The van der Waals surface area contributed by atoms with Crippen LogP contribution in [0.15, 0.2) is 11.5 Å². The molecule has 0 rings (SSSR count). The van der Waals surface area contributed by atoms with E-state index < -0.39 is 66.3 Å². The van der Waals surface area contributed by atoms with Gasteiger partial charge in [-0.05, 0) is 0 Å². The Balaban J connectivity index is 6.12. The maximum absolute atomic E-state index is 12.3. The van der Waals surface area contributed by atoms with E-state index in [-0.39, 0.29) is 0 Å². The number of amides is 1. The van der Waals surface area contributed by atoms with Crippen LogP contribution in [-0.4, -0.2) is 101 Å². The molecular formula is C11H16F3NO11. The van der Waals surface area contributed by atoms with Crippen LogP contribution in [0.2, 0.25) is 0 Å². The topological polar surface area (TPSA) is 228 Å². The minimum Gasteiger partial charge on any atom is -0.504 e. The third-order valence-electron chi connectivity index (χ3n) is 3.03. The Hall–Kier alpha value is -2.17. The Bertz CT molecular complexity index is 566. The van der Waals surface area contributed by atoms with Gasteiger partial charge < -0.3 is 51.3 Å². The first kappa shape index (κ1) is 23.8. The summed E-state index contributed by atoms with van der Waals surface area (Å²) in [5.74, 6) is -10.0. The highest BCUT2D eigenvalue weighted by Crippen LogP contribution is 2.26. The van der Waals surface area contributed by atoms with E-state index in [0.29, 0.717) is 5.32 Å². The highest BCUT2D eigenvalue weighted by atomic mass is 19.4. The summed E-state index contributed by atoms with van der Waals surface area (Å²) < 4.78 is 37.0. The van der Waals surface area contributed by atoms with E-state index in [0.717, 1.165) is 0 Å². The van der Waals surface area contributed by atoms with Gasteiger partial charge in [0.15, 0.2) is 5.76 Å². The summed E-state index contributed by atoms with van der Waals surface area (Å²) in [6.45, 7) is -1.24. The van der Waals surface area contributed by atoms with Crippen molar-refractivity contribution in [2.75, 3.05) is 6.61 Å². The van der Waals surface area contributed by atoms with E-state index in [9.17, 15) is 48.3 Å². The molecule has 0 aromatic carbocycles. The van der Waals surface area contributed by atoms with E-state index >= 15 is 0 Å². The van der Waals surface area contributed by atoms with Gasteiger partial charge in [0.2, 0.25) is 11.5 Å². The summed E-state index contributed by atoms with van der Waals surface area (Å²) in [6.07, 6.45) is -16.6. The van der Waals surface area contributed by atoms with Gasteiger partial charge in [-0.3, -0.25) is 4.79 Å². The van der Waals surface area contributed by atoms with Crippen molar-refractivity contribution in [1.82, 2.24) is 5.32 Å². The van der Waals surface area contributed by atoms with Gasteiger partial charge in [-0.25, -0.2) is 4.79 Å². The number of hydrogen-bond donors (Lipinski definition) is 10. The summed E-state index contributed by atoms with van der Waals surface area (Å²) in [5, 5.41) is 84.0. The molecule has 1 amide bonds. The van der Waals surface area contributed by atoms with Crippen molar-refractivity contribution in [2.45, 2.75) is 36.3 Å². The number of carboxylic acids is 1. The number of aliphatic carboxylic acids is 1. The second kappa shape index (κ2) is 8.47. The number of nitrogens with one attached hydrogen (secondary N) is 1. The third kappa shape index (κ3) is 5.16. The molecule has 0 aromatic heterocycles. The second-order valence-corrected chi connectivity index (χ2v) is 4.90. The van der Waals surface area contributed by atoms with Gasteiger partial charge in [0.25, 0.3) is 0 Å². The fourth-order valence-electron chi connectivity index (χ4n) is 1.57. The van der Waals surface area contributed by atoms with Gasteiger partial charge in [-0.1, -0.05) is 0 Å². The first-order valence-electron chi connectivity index (χ1n) is 6.42. The SMILES string of the molecule is O=C(O)C(O)=C(O)[C@@](O)(NC(=O)C(F)(F)F)[C@@H](O)[C@@H](O)[C@H](O)[C@H](O)CO. The van der Waals surface area contributed by atoms with Gasteiger partial charge in [-0.15, -0.1) is 0 Å². The highest BCUT2D eigenvalue weighted by molar-refractivity contribution is 5.86. The fourth-order valence-corrected chi connectivity index (χ4v) is 1.57. The Morgan fingerprint density at radius 2 is 1.42 bits per heavy atom.